The molecule has 0 N–H and O–H groups in total. The second-order valence-corrected chi connectivity index (χ2v) is 7.23. The largest absolute Gasteiger partial charge is 0.493 e. The molecule has 4 rings (SSSR count). The van der Waals surface area contributed by atoms with E-state index in [0.29, 0.717) is 56.2 Å². The SMILES string of the molecule is COc1cc2oc3cc(C)cc(-c4cc(OC)c(OC)c(OC)c4)c3c(=O)c2cc1OC. The Bertz CT molecular complexity index is 1360. The second kappa shape index (κ2) is 8.34. The molecule has 0 saturated carbocycles. The highest BCUT2D eigenvalue weighted by atomic mass is 16.5. The Morgan fingerprint density at radius 3 is 1.81 bits per heavy atom. The summed E-state index contributed by atoms with van der Waals surface area (Å²) in [7, 11) is 7.71. The first kappa shape index (κ1) is 21.4. The van der Waals surface area contributed by atoms with E-state index in [1.807, 2.05) is 31.2 Å². The van der Waals surface area contributed by atoms with Gasteiger partial charge in [-0.25, -0.2) is 0 Å². The highest BCUT2D eigenvalue weighted by molar-refractivity contribution is 6.00. The highest BCUT2D eigenvalue weighted by Gasteiger charge is 2.20. The summed E-state index contributed by atoms with van der Waals surface area (Å²) in [4.78, 5) is 13.6. The molecule has 0 aliphatic rings. The van der Waals surface area contributed by atoms with Gasteiger partial charge in [-0.3, -0.25) is 4.79 Å². The first-order valence-corrected chi connectivity index (χ1v) is 9.89. The van der Waals surface area contributed by atoms with Crippen LogP contribution in [0.4, 0.5) is 0 Å². The third-order valence-corrected chi connectivity index (χ3v) is 5.40. The zero-order valence-corrected chi connectivity index (χ0v) is 18.8. The molecule has 0 saturated heterocycles. The normalized spacial score (nSPS) is 10.9. The van der Waals surface area contributed by atoms with Gasteiger partial charge in [-0.2, -0.15) is 0 Å². The maximum Gasteiger partial charge on any atom is 0.203 e. The van der Waals surface area contributed by atoms with Gasteiger partial charge in [0, 0.05) is 6.07 Å². The Labute approximate surface area is 185 Å². The van der Waals surface area contributed by atoms with Crippen LogP contribution in [0.1, 0.15) is 5.56 Å². The minimum absolute atomic E-state index is 0.175. The van der Waals surface area contributed by atoms with Gasteiger partial charge in [-0.15, -0.1) is 0 Å². The van der Waals surface area contributed by atoms with Crippen molar-refractivity contribution in [2.24, 2.45) is 0 Å². The minimum atomic E-state index is -0.175. The van der Waals surface area contributed by atoms with Gasteiger partial charge < -0.3 is 28.1 Å². The van der Waals surface area contributed by atoms with Crippen molar-refractivity contribution < 1.29 is 28.1 Å². The number of hydrogen-bond donors (Lipinski definition) is 0. The van der Waals surface area contributed by atoms with Crippen LogP contribution in [0.3, 0.4) is 0 Å². The van der Waals surface area contributed by atoms with Crippen molar-refractivity contribution in [2.45, 2.75) is 6.92 Å². The molecule has 0 unspecified atom stereocenters. The number of rotatable bonds is 6. The second-order valence-electron chi connectivity index (χ2n) is 7.23. The van der Waals surface area contributed by atoms with Crippen molar-refractivity contribution in [3.8, 4) is 39.9 Å². The fraction of sp³-hybridized carbons (Fsp3) is 0.240. The predicted molar refractivity (Wildman–Crippen MR) is 123 cm³/mol. The third kappa shape index (κ3) is 3.36. The first-order chi connectivity index (χ1) is 15.4. The molecule has 3 aromatic carbocycles. The lowest BCUT2D eigenvalue weighted by Gasteiger charge is -2.16. The van der Waals surface area contributed by atoms with Crippen LogP contribution in [0.2, 0.25) is 0 Å². The lowest BCUT2D eigenvalue weighted by molar-refractivity contribution is 0.324. The average molecular weight is 436 g/mol. The number of benzene rings is 3. The van der Waals surface area contributed by atoms with Crippen LogP contribution < -0.4 is 29.1 Å². The monoisotopic (exact) mass is 436 g/mol. The molecule has 7 heteroatoms. The summed E-state index contributed by atoms with van der Waals surface area (Å²) in [6.45, 7) is 1.94. The van der Waals surface area contributed by atoms with Crippen LogP contribution in [0, 0.1) is 6.92 Å². The van der Waals surface area contributed by atoms with Crippen molar-refractivity contribution in [1.29, 1.82) is 0 Å². The van der Waals surface area contributed by atoms with Gasteiger partial charge in [0.25, 0.3) is 0 Å². The van der Waals surface area contributed by atoms with E-state index in [1.165, 1.54) is 14.2 Å². The third-order valence-electron chi connectivity index (χ3n) is 5.40. The van der Waals surface area contributed by atoms with Crippen LogP contribution in [0.5, 0.6) is 28.7 Å². The van der Waals surface area contributed by atoms with E-state index >= 15 is 0 Å². The van der Waals surface area contributed by atoms with Crippen LogP contribution in [0.15, 0.2) is 45.6 Å². The number of methoxy groups -OCH3 is 5. The molecule has 0 spiro atoms. The van der Waals surface area contributed by atoms with Crippen molar-refractivity contribution in [3.05, 3.63) is 52.2 Å². The van der Waals surface area contributed by atoms with Crippen molar-refractivity contribution in [1.82, 2.24) is 0 Å². The quantitative estimate of drug-likeness (QED) is 0.395. The van der Waals surface area contributed by atoms with Crippen molar-refractivity contribution >= 4 is 21.9 Å². The molecule has 0 bridgehead atoms. The molecule has 1 aromatic heterocycles. The predicted octanol–water partition coefficient (Wildman–Crippen LogP) is 4.96. The molecule has 7 nitrogen and oxygen atoms in total. The van der Waals surface area contributed by atoms with Gasteiger partial charge in [-0.1, -0.05) is 6.07 Å². The lowest BCUT2D eigenvalue weighted by atomic mass is 9.96. The van der Waals surface area contributed by atoms with Crippen LogP contribution in [-0.4, -0.2) is 35.5 Å². The molecule has 166 valence electrons. The summed E-state index contributed by atoms with van der Waals surface area (Å²) >= 11 is 0. The van der Waals surface area contributed by atoms with Crippen molar-refractivity contribution in [2.75, 3.05) is 35.5 Å². The van der Waals surface area contributed by atoms with Crippen molar-refractivity contribution in [3.63, 3.8) is 0 Å². The standard InChI is InChI=1S/C25H24O7/c1-13-7-15(14-9-21(29-4)25(31-6)22(10-14)30-5)23-20(8-13)32-17-12-19(28-3)18(27-2)11-16(17)24(23)26/h7-12H,1-6H3. The van der Waals surface area contributed by atoms with Gasteiger partial charge in [0.05, 0.1) is 46.3 Å². The van der Waals surface area contributed by atoms with Gasteiger partial charge in [-0.05, 0) is 47.9 Å². The molecular formula is C25H24O7. The molecule has 0 aliphatic carbocycles. The fourth-order valence-electron chi connectivity index (χ4n) is 3.91. The topological polar surface area (TPSA) is 76.4 Å². The molecule has 1 heterocycles. The first-order valence-electron chi connectivity index (χ1n) is 9.89. The van der Waals surface area contributed by atoms with Crippen LogP contribution in [-0.2, 0) is 0 Å². The highest BCUT2D eigenvalue weighted by Crippen LogP contribution is 2.43. The summed E-state index contributed by atoms with van der Waals surface area (Å²) in [6.07, 6.45) is 0. The molecule has 0 radical (unpaired) electrons. The average Bonchev–Trinajstić information content (AvgIpc) is 2.81. The van der Waals surface area contributed by atoms with Crippen LogP contribution >= 0.6 is 0 Å². The van der Waals surface area contributed by atoms with E-state index in [0.717, 1.165) is 11.1 Å². The fourth-order valence-corrected chi connectivity index (χ4v) is 3.91. The van der Waals surface area contributed by atoms with E-state index in [4.69, 9.17) is 28.1 Å². The smallest absolute Gasteiger partial charge is 0.203 e. The van der Waals surface area contributed by atoms with E-state index < -0.39 is 0 Å². The lowest BCUT2D eigenvalue weighted by Crippen LogP contribution is -2.05. The summed E-state index contributed by atoms with van der Waals surface area (Å²) in [5.74, 6) is 2.40. The Morgan fingerprint density at radius 2 is 1.25 bits per heavy atom. The number of ether oxygens (including phenoxy) is 5. The Balaban J connectivity index is 2.11. The zero-order valence-electron chi connectivity index (χ0n) is 18.8. The molecule has 0 fully saturated rings. The zero-order chi connectivity index (χ0) is 23.0. The number of hydrogen-bond acceptors (Lipinski definition) is 7. The number of aryl methyl sites for hydroxylation is 1. The van der Waals surface area contributed by atoms with E-state index in [2.05, 4.69) is 0 Å². The number of fused-ring (bicyclic) bond motifs is 2. The maximum atomic E-state index is 13.6. The molecule has 0 atom stereocenters. The summed E-state index contributed by atoms with van der Waals surface area (Å²) in [5, 5.41) is 0.845. The summed E-state index contributed by atoms with van der Waals surface area (Å²) in [5.41, 5.74) is 3.08. The van der Waals surface area contributed by atoms with E-state index in [-0.39, 0.29) is 5.43 Å². The van der Waals surface area contributed by atoms with E-state index in [1.54, 1.807) is 33.5 Å². The maximum absolute atomic E-state index is 13.6. The van der Waals surface area contributed by atoms with Gasteiger partial charge >= 0.3 is 0 Å². The minimum Gasteiger partial charge on any atom is -0.493 e. The molecule has 0 aliphatic heterocycles. The summed E-state index contributed by atoms with van der Waals surface area (Å²) < 4.78 is 33.3. The molecular weight excluding hydrogens is 412 g/mol. The van der Waals surface area contributed by atoms with E-state index in [9.17, 15) is 4.79 Å². The van der Waals surface area contributed by atoms with Gasteiger partial charge in [0.15, 0.2) is 23.0 Å². The Morgan fingerprint density at radius 1 is 0.656 bits per heavy atom. The van der Waals surface area contributed by atoms with Gasteiger partial charge in [0.2, 0.25) is 11.2 Å². The molecule has 4 aromatic rings. The van der Waals surface area contributed by atoms with Gasteiger partial charge in [0.1, 0.15) is 11.2 Å². The Kier molecular flexibility index (Phi) is 5.57. The van der Waals surface area contributed by atoms with Crippen LogP contribution in [0.25, 0.3) is 33.1 Å². The summed E-state index contributed by atoms with van der Waals surface area (Å²) in [6, 6.07) is 10.7. The Hall–Kier alpha value is -3.87. The molecule has 32 heavy (non-hydrogen) atoms. The molecule has 0 amide bonds.